The first-order chi connectivity index (χ1) is 15.8. The Bertz CT molecular complexity index is 1230. The van der Waals surface area contributed by atoms with E-state index in [0.29, 0.717) is 16.3 Å². The van der Waals surface area contributed by atoms with Crippen LogP contribution in [0.4, 0.5) is 20.2 Å². The van der Waals surface area contributed by atoms with Crippen LogP contribution in [0.1, 0.15) is 46.3 Å². The predicted octanol–water partition coefficient (Wildman–Crippen LogP) is 5.35. The molecular weight excluding hydrogens is 465 g/mol. The average Bonchev–Trinajstić information content (AvgIpc) is 3.46. The molecule has 2 amide bonds. The molecule has 2 heterocycles. The molecule has 1 N–H and O–H groups in total. The van der Waals surface area contributed by atoms with Gasteiger partial charge in [-0.2, -0.15) is 0 Å². The lowest BCUT2D eigenvalue weighted by Crippen LogP contribution is -2.23. The molecular formula is C23H22FN3O4S2. The van der Waals surface area contributed by atoms with E-state index >= 15 is 0 Å². The van der Waals surface area contributed by atoms with Crippen LogP contribution in [0.3, 0.4) is 0 Å². The van der Waals surface area contributed by atoms with Gasteiger partial charge >= 0.3 is 5.97 Å². The number of esters is 1. The number of hydrogen-bond acceptors (Lipinski definition) is 7. The number of carbonyl (C=O) groups is 3. The Labute approximate surface area is 198 Å². The smallest absolute Gasteiger partial charge is 0.341 e. The number of aryl methyl sites for hydroxylation is 1. The van der Waals surface area contributed by atoms with Crippen LogP contribution in [0, 0.1) is 25.6 Å². The zero-order valence-corrected chi connectivity index (χ0v) is 19.9. The highest BCUT2D eigenvalue weighted by Gasteiger charge is 2.32. The van der Waals surface area contributed by atoms with Gasteiger partial charge in [0.2, 0.25) is 11.8 Å². The van der Waals surface area contributed by atoms with Crippen molar-refractivity contribution in [3.05, 3.63) is 57.2 Å². The van der Waals surface area contributed by atoms with Gasteiger partial charge < -0.3 is 10.1 Å². The van der Waals surface area contributed by atoms with Crippen LogP contribution in [-0.2, 0) is 20.9 Å². The molecule has 7 nitrogen and oxygen atoms in total. The minimum Gasteiger partial charge on any atom is -0.455 e. The Morgan fingerprint density at radius 2 is 1.97 bits per heavy atom. The summed E-state index contributed by atoms with van der Waals surface area (Å²) in [5.41, 5.74) is 1.64. The number of carbonyl (C=O) groups excluding carboxylic acids is 3. The van der Waals surface area contributed by atoms with Crippen LogP contribution < -0.4 is 10.2 Å². The van der Waals surface area contributed by atoms with E-state index in [0.717, 1.165) is 34.6 Å². The highest BCUT2D eigenvalue weighted by molar-refractivity contribution is 7.16. The minimum atomic E-state index is -0.560. The van der Waals surface area contributed by atoms with Crippen molar-refractivity contribution in [2.45, 2.75) is 40.2 Å². The van der Waals surface area contributed by atoms with Crippen molar-refractivity contribution in [2.24, 2.45) is 5.92 Å². The van der Waals surface area contributed by atoms with Crippen LogP contribution in [-0.4, -0.2) is 22.8 Å². The number of benzene rings is 1. The first-order valence-electron chi connectivity index (χ1n) is 10.3. The minimum absolute atomic E-state index is 0.0173. The summed E-state index contributed by atoms with van der Waals surface area (Å²) in [6, 6.07) is 5.94. The molecule has 0 spiro atoms. The fourth-order valence-corrected chi connectivity index (χ4v) is 5.15. The summed E-state index contributed by atoms with van der Waals surface area (Å²) in [6.07, 6.45) is 1.73. The lowest BCUT2D eigenvalue weighted by Gasteiger charge is -2.18. The maximum atomic E-state index is 14.2. The molecule has 1 fully saturated rings. The average molecular weight is 488 g/mol. The van der Waals surface area contributed by atoms with Crippen LogP contribution >= 0.6 is 22.7 Å². The number of para-hydroxylation sites is 1. The molecule has 3 aromatic rings. The number of rotatable bonds is 7. The van der Waals surface area contributed by atoms with Gasteiger partial charge in [-0.3, -0.25) is 14.5 Å². The van der Waals surface area contributed by atoms with Crippen LogP contribution in [0.2, 0.25) is 0 Å². The number of thiophene rings is 1. The highest BCUT2D eigenvalue weighted by atomic mass is 32.1. The van der Waals surface area contributed by atoms with E-state index in [9.17, 15) is 18.8 Å². The van der Waals surface area contributed by atoms with E-state index in [1.165, 1.54) is 35.3 Å². The number of ether oxygens (including phenoxy) is 1. The van der Waals surface area contributed by atoms with Crippen molar-refractivity contribution < 1.29 is 23.5 Å². The SMILES string of the molecule is CC(=O)N(c1nc(COC(=O)c2c(NC(=O)C3CC3)sc(C)c2C)cs1)c1ccccc1F. The largest absolute Gasteiger partial charge is 0.455 e. The molecule has 1 saturated carbocycles. The Kier molecular flexibility index (Phi) is 6.57. The Hall–Kier alpha value is -3.11. The van der Waals surface area contributed by atoms with Crippen LogP contribution in [0.5, 0.6) is 0 Å². The van der Waals surface area contributed by atoms with Gasteiger partial charge in [-0.15, -0.1) is 22.7 Å². The van der Waals surface area contributed by atoms with Crippen molar-refractivity contribution in [1.82, 2.24) is 4.98 Å². The number of halogens is 1. The maximum absolute atomic E-state index is 14.2. The van der Waals surface area contributed by atoms with Crippen molar-refractivity contribution in [3.8, 4) is 0 Å². The summed E-state index contributed by atoms with van der Waals surface area (Å²) in [7, 11) is 0. The topological polar surface area (TPSA) is 88.6 Å². The summed E-state index contributed by atoms with van der Waals surface area (Å²) in [5.74, 6) is -1.55. The van der Waals surface area contributed by atoms with Crippen molar-refractivity contribution in [1.29, 1.82) is 0 Å². The van der Waals surface area contributed by atoms with E-state index in [1.807, 2.05) is 13.8 Å². The molecule has 0 radical (unpaired) electrons. The third-order valence-electron chi connectivity index (χ3n) is 5.26. The standard InChI is InChI=1S/C23H22FN3O4S2/c1-12-13(2)33-21(26-20(29)15-8-9-15)19(12)22(30)31-10-16-11-32-23(25-16)27(14(3)28)18-7-5-4-6-17(18)24/h4-7,11,15H,8-10H2,1-3H3,(H,26,29). The van der Waals surface area contributed by atoms with Gasteiger partial charge in [0.15, 0.2) is 5.13 Å². The quantitative estimate of drug-likeness (QED) is 0.454. The monoisotopic (exact) mass is 487 g/mol. The Morgan fingerprint density at radius 1 is 1.24 bits per heavy atom. The number of amides is 2. The van der Waals surface area contributed by atoms with Crippen LogP contribution in [0.25, 0.3) is 0 Å². The third kappa shape index (κ3) is 4.96. The molecule has 10 heteroatoms. The lowest BCUT2D eigenvalue weighted by atomic mass is 10.1. The number of aromatic nitrogens is 1. The first-order valence-corrected chi connectivity index (χ1v) is 12.0. The number of thiazole rings is 1. The molecule has 172 valence electrons. The van der Waals surface area contributed by atoms with Gasteiger partial charge in [0, 0.05) is 23.1 Å². The molecule has 33 heavy (non-hydrogen) atoms. The van der Waals surface area contributed by atoms with Crippen molar-refractivity contribution in [2.75, 3.05) is 10.2 Å². The molecule has 2 aromatic heterocycles. The summed E-state index contributed by atoms with van der Waals surface area (Å²) < 4.78 is 19.7. The zero-order valence-electron chi connectivity index (χ0n) is 18.3. The number of anilines is 3. The molecule has 1 aliphatic carbocycles. The molecule has 4 rings (SSSR count). The Morgan fingerprint density at radius 3 is 2.64 bits per heavy atom. The maximum Gasteiger partial charge on any atom is 0.341 e. The molecule has 0 unspecified atom stereocenters. The Balaban J connectivity index is 1.48. The second-order valence-electron chi connectivity index (χ2n) is 7.75. The van der Waals surface area contributed by atoms with E-state index in [4.69, 9.17) is 4.74 Å². The summed E-state index contributed by atoms with van der Waals surface area (Å²) in [5, 5.41) is 5.28. The molecule has 1 aromatic carbocycles. The van der Waals surface area contributed by atoms with Crippen molar-refractivity contribution >= 4 is 56.3 Å². The molecule has 0 bridgehead atoms. The normalized spacial score (nSPS) is 13.0. The van der Waals surface area contributed by atoms with E-state index in [2.05, 4.69) is 10.3 Å². The number of nitrogens with zero attached hydrogens (tertiary/aromatic N) is 2. The van der Waals surface area contributed by atoms with E-state index < -0.39 is 17.7 Å². The van der Waals surface area contributed by atoms with Gasteiger partial charge in [0.1, 0.15) is 17.4 Å². The number of hydrogen-bond donors (Lipinski definition) is 1. The van der Waals surface area contributed by atoms with E-state index in [-0.39, 0.29) is 29.3 Å². The number of nitrogens with one attached hydrogen (secondary N) is 1. The molecule has 0 atom stereocenters. The lowest BCUT2D eigenvalue weighted by molar-refractivity contribution is -0.117. The van der Waals surface area contributed by atoms with Gasteiger partial charge in [-0.1, -0.05) is 12.1 Å². The summed E-state index contributed by atoms with van der Waals surface area (Å²) in [6.45, 7) is 4.90. The summed E-state index contributed by atoms with van der Waals surface area (Å²) in [4.78, 5) is 43.7. The van der Waals surface area contributed by atoms with E-state index in [1.54, 1.807) is 17.5 Å². The van der Waals surface area contributed by atoms with Gasteiger partial charge in [0.25, 0.3) is 0 Å². The fourth-order valence-electron chi connectivity index (χ4n) is 3.24. The zero-order chi connectivity index (χ0) is 23.7. The molecule has 0 saturated heterocycles. The summed E-state index contributed by atoms with van der Waals surface area (Å²) >= 11 is 2.50. The second-order valence-corrected chi connectivity index (χ2v) is 9.82. The molecule has 0 aliphatic heterocycles. The van der Waals surface area contributed by atoms with Gasteiger partial charge in [0.05, 0.1) is 16.9 Å². The van der Waals surface area contributed by atoms with Gasteiger partial charge in [-0.25, -0.2) is 14.2 Å². The predicted molar refractivity (Wildman–Crippen MR) is 126 cm³/mol. The second kappa shape index (κ2) is 9.40. The highest BCUT2D eigenvalue weighted by Crippen LogP contribution is 2.36. The third-order valence-corrected chi connectivity index (χ3v) is 7.26. The van der Waals surface area contributed by atoms with Crippen molar-refractivity contribution in [3.63, 3.8) is 0 Å². The molecule has 1 aliphatic rings. The first kappa shape index (κ1) is 23.1. The fraction of sp³-hybridized carbons (Fsp3) is 0.304. The van der Waals surface area contributed by atoms with Crippen LogP contribution in [0.15, 0.2) is 29.6 Å². The van der Waals surface area contributed by atoms with Gasteiger partial charge in [-0.05, 0) is 44.4 Å².